The quantitative estimate of drug-likeness (QED) is 0.269. The maximum absolute atomic E-state index is 12.7. The summed E-state index contributed by atoms with van der Waals surface area (Å²) in [4.78, 5) is 37.7. The smallest absolute Gasteiger partial charge is 0.252 e. The minimum absolute atomic E-state index is 0.0468. The normalized spacial score (nSPS) is 11.2. The standard InChI is InChI=1S/C26H24ClN7O2/c1-5-22(35)20-12-18(17(14-28)24(27)32-20)31-15-7-8-21-16(11-15)19(13-23(36)34(21)4)33-26(2,3)25-29-9-6-10-30-25/h6-13,33H,5H2,1-4H3,(H,31,32). The zero-order chi connectivity index (χ0) is 26.0. The van der Waals surface area contributed by atoms with Gasteiger partial charge in [-0.05, 0) is 44.2 Å². The predicted octanol–water partition coefficient (Wildman–Crippen LogP) is 4.93. The minimum Gasteiger partial charge on any atom is -0.372 e. The second kappa shape index (κ2) is 9.76. The number of Topliss-reactive ketones (excluding diaryl/α,β-unsaturated/α-hetero) is 1. The lowest BCUT2D eigenvalue weighted by Gasteiger charge is -2.27. The van der Waals surface area contributed by atoms with Crippen molar-refractivity contribution >= 4 is 45.3 Å². The number of nitrogens with zero attached hydrogens (tertiary/aromatic N) is 5. The molecule has 2 N–H and O–H groups in total. The lowest BCUT2D eigenvalue weighted by molar-refractivity contribution is 0.0983. The fourth-order valence-electron chi connectivity index (χ4n) is 3.85. The number of rotatable bonds is 7. The Morgan fingerprint density at radius 1 is 1.17 bits per heavy atom. The molecule has 0 saturated heterocycles. The summed E-state index contributed by atoms with van der Waals surface area (Å²) in [6.45, 7) is 5.59. The monoisotopic (exact) mass is 501 g/mol. The summed E-state index contributed by atoms with van der Waals surface area (Å²) in [6.07, 6.45) is 3.59. The van der Waals surface area contributed by atoms with Crippen molar-refractivity contribution in [3.05, 3.63) is 81.4 Å². The van der Waals surface area contributed by atoms with Crippen LogP contribution in [0.3, 0.4) is 0 Å². The second-order valence-corrected chi connectivity index (χ2v) is 9.10. The van der Waals surface area contributed by atoms with Gasteiger partial charge in [-0.15, -0.1) is 0 Å². The number of nitriles is 1. The van der Waals surface area contributed by atoms with Crippen LogP contribution >= 0.6 is 11.6 Å². The molecule has 3 heterocycles. The van der Waals surface area contributed by atoms with Gasteiger partial charge in [-0.2, -0.15) is 5.26 Å². The first-order chi connectivity index (χ1) is 17.1. The second-order valence-electron chi connectivity index (χ2n) is 8.74. The highest BCUT2D eigenvalue weighted by atomic mass is 35.5. The molecule has 0 bridgehead atoms. The Bertz CT molecular complexity index is 1570. The Morgan fingerprint density at radius 2 is 1.89 bits per heavy atom. The molecule has 0 aliphatic rings. The van der Waals surface area contributed by atoms with Crippen molar-refractivity contribution in [2.45, 2.75) is 32.7 Å². The van der Waals surface area contributed by atoms with Gasteiger partial charge in [0.15, 0.2) is 11.6 Å². The minimum atomic E-state index is -0.675. The van der Waals surface area contributed by atoms with Gasteiger partial charge in [0.05, 0.1) is 16.7 Å². The average Bonchev–Trinajstić information content (AvgIpc) is 2.87. The Kier molecular flexibility index (Phi) is 6.73. The Morgan fingerprint density at radius 3 is 2.56 bits per heavy atom. The van der Waals surface area contributed by atoms with Crippen molar-refractivity contribution in [2.75, 3.05) is 10.6 Å². The van der Waals surface area contributed by atoms with Gasteiger partial charge in [-0.3, -0.25) is 9.59 Å². The Balaban J connectivity index is 1.81. The van der Waals surface area contributed by atoms with E-state index in [-0.39, 0.29) is 34.2 Å². The number of nitrogens with one attached hydrogen (secondary N) is 2. The van der Waals surface area contributed by atoms with Gasteiger partial charge in [-0.25, -0.2) is 15.0 Å². The van der Waals surface area contributed by atoms with E-state index in [1.807, 2.05) is 32.0 Å². The van der Waals surface area contributed by atoms with Gasteiger partial charge in [0, 0.05) is 48.7 Å². The zero-order valence-electron chi connectivity index (χ0n) is 20.3. The number of benzene rings is 1. The van der Waals surface area contributed by atoms with Crippen molar-refractivity contribution < 1.29 is 4.79 Å². The van der Waals surface area contributed by atoms with Crippen molar-refractivity contribution in [2.24, 2.45) is 7.05 Å². The van der Waals surface area contributed by atoms with E-state index in [2.05, 4.69) is 25.6 Å². The highest BCUT2D eigenvalue weighted by Crippen LogP contribution is 2.32. The van der Waals surface area contributed by atoms with Gasteiger partial charge in [0.2, 0.25) is 0 Å². The lowest BCUT2D eigenvalue weighted by atomic mass is 10.0. The molecule has 36 heavy (non-hydrogen) atoms. The van der Waals surface area contributed by atoms with Crippen LogP contribution in [-0.4, -0.2) is 25.3 Å². The van der Waals surface area contributed by atoms with E-state index in [0.29, 0.717) is 28.4 Å². The van der Waals surface area contributed by atoms with Gasteiger partial charge in [-0.1, -0.05) is 18.5 Å². The van der Waals surface area contributed by atoms with Crippen LogP contribution in [0.25, 0.3) is 10.9 Å². The first-order valence-corrected chi connectivity index (χ1v) is 11.6. The molecule has 0 atom stereocenters. The third-order valence-electron chi connectivity index (χ3n) is 5.79. The van der Waals surface area contributed by atoms with E-state index in [1.54, 1.807) is 43.1 Å². The number of fused-ring (bicyclic) bond motifs is 1. The first-order valence-electron chi connectivity index (χ1n) is 11.2. The van der Waals surface area contributed by atoms with Crippen molar-refractivity contribution in [1.82, 2.24) is 19.5 Å². The molecular weight excluding hydrogens is 478 g/mol. The fraction of sp³-hybridized carbons (Fsp3) is 0.231. The van der Waals surface area contributed by atoms with E-state index < -0.39 is 5.54 Å². The van der Waals surface area contributed by atoms with Crippen LogP contribution in [0.5, 0.6) is 0 Å². The van der Waals surface area contributed by atoms with E-state index in [9.17, 15) is 14.9 Å². The molecule has 0 spiro atoms. The maximum Gasteiger partial charge on any atom is 0.252 e. The number of halogens is 1. The number of pyridine rings is 2. The summed E-state index contributed by atoms with van der Waals surface area (Å²) in [5.41, 5.74) is 1.76. The number of anilines is 3. The summed E-state index contributed by atoms with van der Waals surface area (Å²) >= 11 is 6.21. The molecular formula is C26H24ClN7O2. The lowest BCUT2D eigenvalue weighted by Crippen LogP contribution is -2.31. The first kappa shape index (κ1) is 24.8. The van der Waals surface area contributed by atoms with Crippen molar-refractivity contribution in [3.8, 4) is 6.07 Å². The highest BCUT2D eigenvalue weighted by molar-refractivity contribution is 6.31. The number of ketones is 1. The summed E-state index contributed by atoms with van der Waals surface area (Å²) in [5, 5.41) is 16.9. The van der Waals surface area contributed by atoms with E-state index >= 15 is 0 Å². The van der Waals surface area contributed by atoms with Crippen LogP contribution in [0.2, 0.25) is 5.15 Å². The van der Waals surface area contributed by atoms with Crippen molar-refractivity contribution in [1.29, 1.82) is 5.26 Å². The number of carbonyl (C=O) groups excluding carboxylic acids is 1. The topological polar surface area (TPSA) is 126 Å². The number of aromatic nitrogens is 4. The fourth-order valence-corrected chi connectivity index (χ4v) is 4.09. The van der Waals surface area contributed by atoms with Crippen LogP contribution < -0.4 is 16.2 Å². The van der Waals surface area contributed by atoms with Crippen LogP contribution in [0, 0.1) is 11.3 Å². The van der Waals surface area contributed by atoms with Crippen LogP contribution in [0.4, 0.5) is 17.1 Å². The highest BCUT2D eigenvalue weighted by Gasteiger charge is 2.25. The summed E-state index contributed by atoms with van der Waals surface area (Å²) in [6, 6.07) is 12.3. The number of carbonyl (C=O) groups is 1. The molecule has 10 heteroatoms. The molecule has 0 aliphatic carbocycles. The molecule has 0 aliphatic heterocycles. The van der Waals surface area contributed by atoms with E-state index in [4.69, 9.17) is 11.6 Å². The molecule has 0 amide bonds. The molecule has 4 aromatic rings. The van der Waals surface area contributed by atoms with Gasteiger partial charge in [0.1, 0.15) is 22.5 Å². The summed E-state index contributed by atoms with van der Waals surface area (Å²) < 4.78 is 1.55. The molecule has 0 saturated carbocycles. The van der Waals surface area contributed by atoms with E-state index in [1.165, 1.54) is 12.1 Å². The maximum atomic E-state index is 12.7. The third kappa shape index (κ3) is 4.76. The number of aryl methyl sites for hydroxylation is 1. The van der Waals surface area contributed by atoms with Crippen molar-refractivity contribution in [3.63, 3.8) is 0 Å². The van der Waals surface area contributed by atoms with Gasteiger partial charge >= 0.3 is 0 Å². The number of hydrogen-bond acceptors (Lipinski definition) is 8. The summed E-state index contributed by atoms with van der Waals surface area (Å²) in [5.74, 6) is 0.390. The van der Waals surface area contributed by atoms with Gasteiger partial charge in [0.25, 0.3) is 5.56 Å². The molecule has 3 aromatic heterocycles. The largest absolute Gasteiger partial charge is 0.372 e. The van der Waals surface area contributed by atoms with Crippen LogP contribution in [0.1, 0.15) is 49.1 Å². The SMILES string of the molecule is CCC(=O)c1cc(Nc2ccc3c(c2)c(NC(C)(C)c2ncccn2)cc(=O)n3C)c(C#N)c(Cl)n1. The molecule has 0 fully saturated rings. The summed E-state index contributed by atoms with van der Waals surface area (Å²) in [7, 11) is 1.70. The zero-order valence-corrected chi connectivity index (χ0v) is 21.0. The molecule has 0 unspecified atom stereocenters. The molecule has 1 aromatic carbocycles. The van der Waals surface area contributed by atoms with E-state index in [0.717, 1.165) is 5.39 Å². The predicted molar refractivity (Wildman–Crippen MR) is 140 cm³/mol. The van der Waals surface area contributed by atoms with Crippen LogP contribution in [0.15, 0.2) is 53.6 Å². The average molecular weight is 502 g/mol. The molecule has 0 radical (unpaired) electrons. The number of hydrogen-bond donors (Lipinski definition) is 2. The molecule has 9 nitrogen and oxygen atoms in total. The van der Waals surface area contributed by atoms with Gasteiger partial charge < -0.3 is 15.2 Å². The molecule has 182 valence electrons. The Hall–Kier alpha value is -4.29. The molecule has 4 rings (SSSR count). The third-order valence-corrected chi connectivity index (χ3v) is 6.06. The Labute approximate surface area is 212 Å². The van der Waals surface area contributed by atoms with Crippen LogP contribution in [-0.2, 0) is 12.6 Å².